The van der Waals surface area contributed by atoms with Gasteiger partial charge in [-0.05, 0) is 56.5 Å². The van der Waals surface area contributed by atoms with Gasteiger partial charge in [-0.1, -0.05) is 25.2 Å². The van der Waals surface area contributed by atoms with Crippen molar-refractivity contribution < 1.29 is 14.3 Å². The fraction of sp³-hybridized carbons (Fsp3) is 0.350. The average molecular weight is 327 g/mol. The lowest BCUT2D eigenvalue weighted by Crippen LogP contribution is -2.12. The maximum Gasteiger partial charge on any atom is 0.333 e. The zero-order valence-electron chi connectivity index (χ0n) is 14.6. The Bertz CT molecular complexity index is 656. The quantitative estimate of drug-likeness (QED) is 0.456. The van der Waals surface area contributed by atoms with Crippen molar-refractivity contribution in [3.8, 4) is 5.75 Å². The maximum absolute atomic E-state index is 11.2. The number of hydrogen-bond acceptors (Lipinski definition) is 4. The smallest absolute Gasteiger partial charge is 0.333 e. The third kappa shape index (κ3) is 5.30. The van der Waals surface area contributed by atoms with Gasteiger partial charge >= 0.3 is 5.97 Å². The van der Waals surface area contributed by atoms with Crippen molar-refractivity contribution in [3.63, 3.8) is 0 Å². The molecule has 128 valence electrons. The summed E-state index contributed by atoms with van der Waals surface area (Å²) in [5.41, 5.74) is 3.93. The minimum atomic E-state index is -0.392. The number of anilines is 1. The Hall–Kier alpha value is -2.49. The first-order chi connectivity index (χ1) is 11.5. The molecule has 1 unspecified atom stereocenters. The summed E-state index contributed by atoms with van der Waals surface area (Å²) in [5.74, 6) is 0.965. The lowest BCUT2D eigenvalue weighted by Gasteiger charge is -2.18. The van der Waals surface area contributed by atoms with E-state index in [4.69, 9.17) is 9.47 Å². The Labute approximate surface area is 143 Å². The highest BCUT2D eigenvalue weighted by Gasteiger charge is 2.09. The van der Waals surface area contributed by atoms with Gasteiger partial charge in [0.1, 0.15) is 19.0 Å². The lowest BCUT2D eigenvalue weighted by molar-refractivity contribution is -0.139. The van der Waals surface area contributed by atoms with Crippen molar-refractivity contribution in [1.29, 1.82) is 0 Å². The minimum absolute atomic E-state index is 0.209. The number of carbonyl (C=O) groups is 1. The zero-order valence-corrected chi connectivity index (χ0v) is 14.6. The molecule has 1 aromatic carbocycles. The van der Waals surface area contributed by atoms with E-state index in [-0.39, 0.29) is 6.61 Å². The molecule has 0 heterocycles. The van der Waals surface area contributed by atoms with Gasteiger partial charge in [0.05, 0.1) is 0 Å². The van der Waals surface area contributed by atoms with Gasteiger partial charge in [0.2, 0.25) is 0 Å². The largest absolute Gasteiger partial charge is 0.490 e. The summed E-state index contributed by atoms with van der Waals surface area (Å²) in [7, 11) is 0. The van der Waals surface area contributed by atoms with Gasteiger partial charge in [-0.3, -0.25) is 0 Å². The molecule has 1 aliphatic carbocycles. The zero-order chi connectivity index (χ0) is 17.5. The average Bonchev–Trinajstić information content (AvgIpc) is 2.56. The Kier molecular flexibility index (Phi) is 6.24. The van der Waals surface area contributed by atoms with Crippen LogP contribution in [0, 0.1) is 5.92 Å². The molecule has 4 heteroatoms. The van der Waals surface area contributed by atoms with Gasteiger partial charge in [0.15, 0.2) is 0 Å². The van der Waals surface area contributed by atoms with Gasteiger partial charge in [-0.2, -0.15) is 0 Å². The summed E-state index contributed by atoms with van der Waals surface area (Å²) in [6.45, 7) is 10.1. The third-order valence-corrected chi connectivity index (χ3v) is 3.93. The van der Waals surface area contributed by atoms with Crippen LogP contribution in [0.25, 0.3) is 0 Å². The number of benzene rings is 1. The molecule has 0 amide bonds. The van der Waals surface area contributed by atoms with E-state index >= 15 is 0 Å². The monoisotopic (exact) mass is 327 g/mol. The summed E-state index contributed by atoms with van der Waals surface area (Å²) in [5, 5.41) is 3.40. The molecular formula is C20H25NO3. The molecule has 0 saturated carbocycles. The number of carbonyl (C=O) groups excluding carboxylic acids is 1. The number of rotatable bonds is 7. The summed E-state index contributed by atoms with van der Waals surface area (Å²) >= 11 is 0. The van der Waals surface area contributed by atoms with Crippen LogP contribution in [0.2, 0.25) is 0 Å². The highest BCUT2D eigenvalue weighted by molar-refractivity contribution is 5.86. The maximum atomic E-state index is 11.2. The van der Waals surface area contributed by atoms with Crippen molar-refractivity contribution in [2.45, 2.75) is 27.2 Å². The van der Waals surface area contributed by atoms with E-state index in [0.717, 1.165) is 23.6 Å². The number of nitrogens with one attached hydrogen (secondary N) is 1. The second kappa shape index (κ2) is 8.39. The van der Waals surface area contributed by atoms with E-state index in [1.54, 1.807) is 6.92 Å². The van der Waals surface area contributed by atoms with Gasteiger partial charge in [0.25, 0.3) is 0 Å². The van der Waals surface area contributed by atoms with Crippen LogP contribution in [0.3, 0.4) is 0 Å². The predicted molar refractivity (Wildman–Crippen MR) is 97.0 cm³/mol. The first-order valence-corrected chi connectivity index (χ1v) is 8.16. The van der Waals surface area contributed by atoms with Crippen LogP contribution >= 0.6 is 0 Å². The molecule has 0 saturated heterocycles. The van der Waals surface area contributed by atoms with Crippen LogP contribution in [0.15, 0.2) is 59.8 Å². The Morgan fingerprint density at radius 2 is 2.00 bits per heavy atom. The van der Waals surface area contributed by atoms with E-state index in [9.17, 15) is 4.79 Å². The molecule has 0 bridgehead atoms. The molecule has 1 aliphatic rings. The SMILES string of the molecule is C=C(C)C(=O)OCCOc1ccc(NC2=CCC(C)C(C)=C2)cc1. The van der Waals surface area contributed by atoms with Crippen molar-refractivity contribution >= 4 is 11.7 Å². The van der Waals surface area contributed by atoms with Gasteiger partial charge < -0.3 is 14.8 Å². The van der Waals surface area contributed by atoms with E-state index in [2.05, 4.69) is 37.9 Å². The summed E-state index contributed by atoms with van der Waals surface area (Å²) < 4.78 is 10.5. The fourth-order valence-corrected chi connectivity index (χ4v) is 2.24. The van der Waals surface area contributed by atoms with Gasteiger partial charge in [-0.15, -0.1) is 0 Å². The molecular weight excluding hydrogens is 302 g/mol. The van der Waals surface area contributed by atoms with Crippen LogP contribution in [0.4, 0.5) is 5.69 Å². The highest BCUT2D eigenvalue weighted by atomic mass is 16.6. The topological polar surface area (TPSA) is 47.6 Å². The lowest BCUT2D eigenvalue weighted by atomic mass is 9.93. The Morgan fingerprint density at radius 1 is 1.29 bits per heavy atom. The fourth-order valence-electron chi connectivity index (χ4n) is 2.24. The van der Waals surface area contributed by atoms with Gasteiger partial charge in [0, 0.05) is 17.0 Å². The van der Waals surface area contributed by atoms with Crippen LogP contribution in [0.5, 0.6) is 5.75 Å². The van der Waals surface area contributed by atoms with Crippen molar-refractivity contribution in [2.24, 2.45) is 5.92 Å². The first kappa shape index (κ1) is 17.9. The van der Waals surface area contributed by atoms with Crippen molar-refractivity contribution in [1.82, 2.24) is 0 Å². The minimum Gasteiger partial charge on any atom is -0.490 e. The Balaban J connectivity index is 1.79. The Morgan fingerprint density at radius 3 is 2.62 bits per heavy atom. The van der Waals surface area contributed by atoms with E-state index in [1.165, 1.54) is 5.57 Å². The summed E-state index contributed by atoms with van der Waals surface area (Å²) in [4.78, 5) is 11.2. The molecule has 0 spiro atoms. The van der Waals surface area contributed by atoms with Gasteiger partial charge in [-0.25, -0.2) is 4.79 Å². The number of ether oxygens (including phenoxy) is 2. The van der Waals surface area contributed by atoms with Crippen molar-refractivity contribution in [3.05, 3.63) is 59.8 Å². The molecule has 4 nitrogen and oxygen atoms in total. The number of hydrogen-bond donors (Lipinski definition) is 1. The molecule has 0 radical (unpaired) electrons. The second-order valence-corrected chi connectivity index (χ2v) is 6.10. The first-order valence-electron chi connectivity index (χ1n) is 8.16. The molecule has 0 aliphatic heterocycles. The van der Waals surface area contributed by atoms with E-state index in [1.807, 2.05) is 24.3 Å². The van der Waals surface area contributed by atoms with Crippen LogP contribution < -0.4 is 10.1 Å². The summed E-state index contributed by atoms with van der Waals surface area (Å²) in [6, 6.07) is 7.73. The van der Waals surface area contributed by atoms with E-state index < -0.39 is 5.97 Å². The second-order valence-electron chi connectivity index (χ2n) is 6.10. The predicted octanol–water partition coefficient (Wildman–Crippen LogP) is 4.47. The van der Waals surface area contributed by atoms with Crippen molar-refractivity contribution in [2.75, 3.05) is 18.5 Å². The molecule has 24 heavy (non-hydrogen) atoms. The summed E-state index contributed by atoms with van der Waals surface area (Å²) in [6.07, 6.45) is 5.47. The van der Waals surface area contributed by atoms with Crippen LogP contribution in [-0.4, -0.2) is 19.2 Å². The van der Waals surface area contributed by atoms with Crippen LogP contribution in [0.1, 0.15) is 27.2 Å². The number of esters is 1. The number of allylic oxidation sites excluding steroid dienone is 3. The van der Waals surface area contributed by atoms with E-state index in [0.29, 0.717) is 18.1 Å². The molecule has 0 aromatic heterocycles. The standard InChI is InChI=1S/C20H25NO3/c1-14(2)20(22)24-12-11-23-19-9-7-17(8-10-19)21-18-6-5-15(3)16(4)13-18/h6-10,13,15,21H,1,5,11-12H2,2-4H3. The highest BCUT2D eigenvalue weighted by Crippen LogP contribution is 2.24. The molecule has 2 rings (SSSR count). The molecule has 1 aromatic rings. The molecule has 1 N–H and O–H groups in total. The molecule has 0 fully saturated rings. The van der Waals surface area contributed by atoms with Crippen LogP contribution in [-0.2, 0) is 9.53 Å². The molecule has 1 atom stereocenters. The normalized spacial score (nSPS) is 16.7. The third-order valence-electron chi connectivity index (χ3n) is 3.93.